The molecule has 0 unspecified atom stereocenters. The van der Waals surface area contributed by atoms with Gasteiger partial charge in [0.15, 0.2) is 6.61 Å². The van der Waals surface area contributed by atoms with Crippen LogP contribution in [0.1, 0.15) is 29.0 Å². The fourth-order valence-corrected chi connectivity index (χ4v) is 5.10. The number of thiazole rings is 1. The Bertz CT molecular complexity index is 1520. The summed E-state index contributed by atoms with van der Waals surface area (Å²) < 4.78 is 17.1. The van der Waals surface area contributed by atoms with E-state index in [1.807, 2.05) is 48.7 Å². The zero-order chi connectivity index (χ0) is 27.2. The molecular formula is C32H29NO5S. The van der Waals surface area contributed by atoms with Crippen LogP contribution in [0.25, 0.3) is 28.0 Å². The smallest absolute Gasteiger partial charge is 0.341 e. The highest BCUT2D eigenvalue weighted by molar-refractivity contribution is 7.09. The zero-order valence-corrected chi connectivity index (χ0v) is 22.7. The van der Waals surface area contributed by atoms with Gasteiger partial charge in [-0.15, -0.1) is 11.3 Å². The van der Waals surface area contributed by atoms with Crippen LogP contribution in [0.4, 0.5) is 0 Å². The standard InChI is InChI=1S/C32H29NO5S/c1-21-16-30(27(17-29(21)38-19-32(34)35)24-12-14-26(36-2)15-13-24)37-18-31-33-28(20-39-31)25-10-8-23(9-11-25)22-6-4-3-5-7-22/h4,6-17,20H,3,5,18-19H2,1-2H3,(H,34,35). The lowest BCUT2D eigenvalue weighted by Gasteiger charge is -2.16. The van der Waals surface area contributed by atoms with Gasteiger partial charge in [0.05, 0.1) is 12.8 Å². The Labute approximate surface area is 231 Å². The minimum absolute atomic E-state index is 0.304. The minimum atomic E-state index is -1.03. The van der Waals surface area contributed by atoms with E-state index in [2.05, 4.69) is 42.5 Å². The molecular weight excluding hydrogens is 510 g/mol. The van der Waals surface area contributed by atoms with Crippen LogP contribution >= 0.6 is 11.3 Å². The number of aryl methyl sites for hydroxylation is 1. The number of rotatable bonds is 10. The van der Waals surface area contributed by atoms with Gasteiger partial charge < -0.3 is 19.3 Å². The van der Waals surface area contributed by atoms with Gasteiger partial charge in [-0.1, -0.05) is 54.6 Å². The van der Waals surface area contributed by atoms with E-state index in [4.69, 9.17) is 24.3 Å². The Kier molecular flexibility index (Phi) is 8.08. The lowest BCUT2D eigenvalue weighted by atomic mass is 9.98. The first-order valence-electron chi connectivity index (χ1n) is 12.7. The van der Waals surface area contributed by atoms with Crippen LogP contribution in [0, 0.1) is 6.92 Å². The van der Waals surface area contributed by atoms with Crippen molar-refractivity contribution in [2.24, 2.45) is 0 Å². The third kappa shape index (κ3) is 6.38. The number of carboxylic acid groups (broad SMARTS) is 1. The Morgan fingerprint density at radius 2 is 1.69 bits per heavy atom. The predicted molar refractivity (Wildman–Crippen MR) is 155 cm³/mol. The van der Waals surface area contributed by atoms with Crippen LogP contribution in [0.3, 0.4) is 0 Å². The second kappa shape index (κ2) is 12.0. The summed E-state index contributed by atoms with van der Waals surface area (Å²) in [6.07, 6.45) is 8.87. The van der Waals surface area contributed by atoms with E-state index in [0.29, 0.717) is 18.1 Å². The number of nitrogens with zero attached hydrogens (tertiary/aromatic N) is 1. The van der Waals surface area contributed by atoms with E-state index in [1.54, 1.807) is 18.4 Å². The average molecular weight is 540 g/mol. The summed E-state index contributed by atoms with van der Waals surface area (Å²) in [6, 6.07) is 19.8. The third-order valence-corrected chi connectivity index (χ3v) is 7.26. The highest BCUT2D eigenvalue weighted by Gasteiger charge is 2.15. The third-order valence-electron chi connectivity index (χ3n) is 6.44. The molecule has 1 N–H and O–H groups in total. The second-order valence-electron chi connectivity index (χ2n) is 9.16. The number of benzene rings is 3. The van der Waals surface area contributed by atoms with Crippen molar-refractivity contribution in [3.8, 4) is 39.6 Å². The monoisotopic (exact) mass is 539 g/mol. The molecule has 0 fully saturated rings. The predicted octanol–water partition coefficient (Wildman–Crippen LogP) is 7.57. The van der Waals surface area contributed by atoms with Crippen LogP contribution in [-0.2, 0) is 11.4 Å². The first-order valence-corrected chi connectivity index (χ1v) is 13.6. The van der Waals surface area contributed by atoms with E-state index in [-0.39, 0.29) is 0 Å². The number of ether oxygens (including phenoxy) is 3. The summed E-state index contributed by atoms with van der Waals surface area (Å²) in [4.78, 5) is 15.9. The molecule has 6 nitrogen and oxygen atoms in total. The van der Waals surface area contributed by atoms with Crippen molar-refractivity contribution in [2.75, 3.05) is 13.7 Å². The van der Waals surface area contributed by atoms with Crippen molar-refractivity contribution in [3.05, 3.63) is 100 Å². The Balaban J connectivity index is 1.35. The molecule has 198 valence electrons. The van der Waals surface area contributed by atoms with Gasteiger partial charge in [0, 0.05) is 16.5 Å². The topological polar surface area (TPSA) is 77.9 Å². The molecule has 5 rings (SSSR count). The summed E-state index contributed by atoms with van der Waals surface area (Å²) in [5, 5.41) is 12.0. The van der Waals surface area contributed by atoms with Gasteiger partial charge in [0.2, 0.25) is 0 Å². The van der Waals surface area contributed by atoms with Crippen LogP contribution in [0.5, 0.6) is 17.2 Å². The van der Waals surface area contributed by atoms with Crippen LogP contribution < -0.4 is 14.2 Å². The number of aromatic nitrogens is 1. The molecule has 7 heteroatoms. The molecule has 1 aliphatic rings. The van der Waals surface area contributed by atoms with Gasteiger partial charge >= 0.3 is 5.97 Å². The SMILES string of the molecule is COc1ccc(-c2cc(OCC(=O)O)c(C)cc2OCc2nc(-c3ccc(C4=CCCC=C4)cc3)cs2)cc1. The van der Waals surface area contributed by atoms with Crippen molar-refractivity contribution in [3.63, 3.8) is 0 Å². The second-order valence-corrected chi connectivity index (χ2v) is 10.1. The number of hydrogen-bond acceptors (Lipinski definition) is 6. The van der Waals surface area contributed by atoms with E-state index in [1.165, 1.54) is 11.1 Å². The van der Waals surface area contributed by atoms with Crippen LogP contribution in [0.15, 0.2) is 84.3 Å². The molecule has 4 aromatic rings. The fraction of sp³-hybridized carbons (Fsp3) is 0.188. The van der Waals surface area contributed by atoms with Crippen molar-refractivity contribution in [1.82, 2.24) is 4.98 Å². The first kappa shape index (κ1) is 26.3. The fourth-order valence-electron chi connectivity index (χ4n) is 4.38. The Morgan fingerprint density at radius 1 is 0.949 bits per heavy atom. The molecule has 0 atom stereocenters. The molecule has 0 bridgehead atoms. The van der Waals surface area contributed by atoms with Gasteiger partial charge in [0.25, 0.3) is 0 Å². The molecule has 0 saturated carbocycles. The lowest BCUT2D eigenvalue weighted by molar-refractivity contribution is -0.139. The van der Waals surface area contributed by atoms with Gasteiger partial charge in [0.1, 0.15) is 28.9 Å². The maximum absolute atomic E-state index is 11.1. The highest BCUT2D eigenvalue weighted by Crippen LogP contribution is 2.37. The lowest BCUT2D eigenvalue weighted by Crippen LogP contribution is -2.10. The first-order chi connectivity index (χ1) is 19.0. The van der Waals surface area contributed by atoms with Gasteiger partial charge in [-0.25, -0.2) is 9.78 Å². The number of aliphatic carboxylic acids is 1. The molecule has 1 heterocycles. The number of carbonyl (C=O) groups is 1. The normalized spacial score (nSPS) is 12.6. The molecule has 0 aliphatic heterocycles. The molecule has 0 spiro atoms. The number of allylic oxidation sites excluding steroid dienone is 4. The van der Waals surface area contributed by atoms with Crippen LogP contribution in [0.2, 0.25) is 0 Å². The van der Waals surface area contributed by atoms with E-state index >= 15 is 0 Å². The summed E-state index contributed by atoms with van der Waals surface area (Å²) in [6.45, 7) is 1.75. The van der Waals surface area contributed by atoms with Gasteiger partial charge in [-0.2, -0.15) is 0 Å². The largest absolute Gasteiger partial charge is 0.497 e. The summed E-state index contributed by atoms with van der Waals surface area (Å²) in [5.74, 6) is 0.870. The van der Waals surface area contributed by atoms with Crippen molar-refractivity contribution in [1.29, 1.82) is 0 Å². The summed E-state index contributed by atoms with van der Waals surface area (Å²) >= 11 is 1.56. The molecule has 0 amide bonds. The number of hydrogen-bond donors (Lipinski definition) is 1. The summed E-state index contributed by atoms with van der Waals surface area (Å²) in [7, 11) is 1.62. The maximum Gasteiger partial charge on any atom is 0.341 e. The van der Waals surface area contributed by atoms with Gasteiger partial charge in [-0.05, 0) is 66.3 Å². The Hall–Kier alpha value is -4.36. The molecule has 1 aromatic heterocycles. The van der Waals surface area contributed by atoms with E-state index in [9.17, 15) is 4.79 Å². The number of methoxy groups -OCH3 is 1. The zero-order valence-electron chi connectivity index (χ0n) is 21.8. The Morgan fingerprint density at radius 3 is 2.38 bits per heavy atom. The van der Waals surface area contributed by atoms with E-state index < -0.39 is 12.6 Å². The van der Waals surface area contributed by atoms with Crippen molar-refractivity contribution < 1.29 is 24.1 Å². The average Bonchev–Trinajstić information content (AvgIpc) is 3.45. The highest BCUT2D eigenvalue weighted by atomic mass is 32.1. The molecule has 3 aromatic carbocycles. The van der Waals surface area contributed by atoms with E-state index in [0.717, 1.165) is 51.5 Å². The van der Waals surface area contributed by atoms with Crippen molar-refractivity contribution in [2.45, 2.75) is 26.4 Å². The molecule has 1 aliphatic carbocycles. The molecule has 0 saturated heterocycles. The van der Waals surface area contributed by atoms with Crippen LogP contribution in [-0.4, -0.2) is 29.8 Å². The quantitative estimate of drug-likeness (QED) is 0.224. The summed E-state index contributed by atoms with van der Waals surface area (Å²) in [5.41, 5.74) is 6.94. The molecule has 0 radical (unpaired) electrons. The maximum atomic E-state index is 11.1. The van der Waals surface area contributed by atoms with Gasteiger partial charge in [-0.3, -0.25) is 0 Å². The van der Waals surface area contributed by atoms with Crippen molar-refractivity contribution >= 4 is 22.9 Å². The number of carboxylic acids is 1. The molecule has 39 heavy (non-hydrogen) atoms. The minimum Gasteiger partial charge on any atom is -0.497 e.